The molecule has 56 valence electrons. The molecule has 1 aliphatic rings. The highest BCUT2D eigenvalue weighted by Crippen LogP contribution is 2.24. The van der Waals surface area contributed by atoms with Crippen molar-refractivity contribution in [3.05, 3.63) is 0 Å². The van der Waals surface area contributed by atoms with E-state index in [0.717, 1.165) is 0 Å². The molecule has 0 aromatic rings. The fourth-order valence-corrected chi connectivity index (χ4v) is 2.82. The number of rotatable bonds is 0. The van der Waals surface area contributed by atoms with Crippen molar-refractivity contribution < 1.29 is 8.42 Å². The van der Waals surface area contributed by atoms with Gasteiger partial charge in [0, 0.05) is 5.92 Å². The van der Waals surface area contributed by atoms with E-state index in [0.29, 0.717) is 6.42 Å². The van der Waals surface area contributed by atoms with Crippen molar-refractivity contribution in [2.75, 3.05) is 5.75 Å². The second kappa shape index (κ2) is 2.28. The van der Waals surface area contributed by atoms with Crippen LogP contribution in [0.3, 0.4) is 0 Å². The lowest BCUT2D eigenvalue weighted by Gasteiger charge is -1.96. The van der Waals surface area contributed by atoms with Gasteiger partial charge < -0.3 is 0 Å². The molecule has 0 aromatic heterocycles. The first-order valence-electron chi connectivity index (χ1n) is 3.24. The van der Waals surface area contributed by atoms with Gasteiger partial charge in [0.15, 0.2) is 9.84 Å². The van der Waals surface area contributed by atoms with Crippen molar-refractivity contribution in [3.8, 4) is 12.3 Å². The summed E-state index contributed by atoms with van der Waals surface area (Å²) in [5, 5.41) is -0.228. The van der Waals surface area contributed by atoms with E-state index >= 15 is 0 Å². The molecule has 1 fully saturated rings. The molecule has 0 saturated carbocycles. The van der Waals surface area contributed by atoms with Crippen LogP contribution in [0.15, 0.2) is 0 Å². The second-order valence-electron chi connectivity index (χ2n) is 2.74. The Balaban J connectivity index is 2.84. The second-order valence-corrected chi connectivity index (χ2v) is 5.20. The minimum absolute atomic E-state index is 0.0417. The van der Waals surface area contributed by atoms with Crippen LogP contribution in [0.1, 0.15) is 13.3 Å². The van der Waals surface area contributed by atoms with E-state index < -0.39 is 9.84 Å². The molecule has 3 heteroatoms. The lowest BCUT2D eigenvalue weighted by molar-refractivity contribution is 0.593. The van der Waals surface area contributed by atoms with E-state index in [4.69, 9.17) is 6.42 Å². The van der Waals surface area contributed by atoms with Crippen molar-refractivity contribution >= 4 is 9.84 Å². The van der Waals surface area contributed by atoms with Gasteiger partial charge in [-0.05, 0) is 13.3 Å². The molecule has 0 N–H and O–H groups in total. The zero-order valence-electron chi connectivity index (χ0n) is 5.87. The van der Waals surface area contributed by atoms with Crippen LogP contribution in [0, 0.1) is 18.3 Å². The lowest BCUT2D eigenvalue weighted by Crippen LogP contribution is -2.10. The van der Waals surface area contributed by atoms with Crippen LogP contribution in [0.25, 0.3) is 0 Å². The van der Waals surface area contributed by atoms with E-state index in [1.165, 1.54) is 0 Å². The highest BCUT2D eigenvalue weighted by molar-refractivity contribution is 7.92. The predicted molar refractivity (Wildman–Crippen MR) is 40.2 cm³/mol. The molecule has 2 atom stereocenters. The molecule has 2 unspecified atom stereocenters. The van der Waals surface area contributed by atoms with Gasteiger partial charge in [-0.15, -0.1) is 12.3 Å². The molecule has 10 heavy (non-hydrogen) atoms. The van der Waals surface area contributed by atoms with Gasteiger partial charge in [-0.25, -0.2) is 8.42 Å². The summed E-state index contributed by atoms with van der Waals surface area (Å²) >= 11 is 0. The van der Waals surface area contributed by atoms with E-state index in [1.807, 2.05) is 0 Å². The molecule has 0 bridgehead atoms. The third-order valence-electron chi connectivity index (χ3n) is 1.90. The largest absolute Gasteiger partial charge is 0.229 e. The van der Waals surface area contributed by atoms with Gasteiger partial charge in [0.05, 0.1) is 11.0 Å². The van der Waals surface area contributed by atoms with Crippen LogP contribution in [-0.2, 0) is 9.84 Å². The molecule has 0 radical (unpaired) electrons. The Bertz CT molecular complexity index is 258. The molecule has 0 aromatic carbocycles. The van der Waals surface area contributed by atoms with Gasteiger partial charge >= 0.3 is 0 Å². The highest BCUT2D eigenvalue weighted by atomic mass is 32.2. The van der Waals surface area contributed by atoms with Gasteiger partial charge in [-0.3, -0.25) is 0 Å². The Morgan fingerprint density at radius 1 is 1.60 bits per heavy atom. The average molecular weight is 158 g/mol. The fraction of sp³-hybridized carbons (Fsp3) is 0.714. The Kier molecular flexibility index (Phi) is 1.74. The molecule has 1 rings (SSSR count). The van der Waals surface area contributed by atoms with Crippen LogP contribution in [-0.4, -0.2) is 19.4 Å². The van der Waals surface area contributed by atoms with Crippen LogP contribution >= 0.6 is 0 Å². The van der Waals surface area contributed by atoms with Gasteiger partial charge in [0.1, 0.15) is 0 Å². The summed E-state index contributed by atoms with van der Waals surface area (Å²) in [5.74, 6) is 2.61. The predicted octanol–water partition coefficient (Wildman–Crippen LogP) is 0.443. The summed E-state index contributed by atoms with van der Waals surface area (Å²) in [5.41, 5.74) is 0. The maximum atomic E-state index is 11.0. The summed E-state index contributed by atoms with van der Waals surface area (Å²) in [6.45, 7) is 1.71. The maximum Gasteiger partial charge on any atom is 0.154 e. The molecule has 0 aliphatic carbocycles. The molecule has 2 nitrogen and oxygen atoms in total. The number of sulfone groups is 1. The van der Waals surface area contributed by atoms with Crippen LogP contribution in [0.4, 0.5) is 0 Å². The zero-order valence-corrected chi connectivity index (χ0v) is 6.69. The van der Waals surface area contributed by atoms with Crippen molar-refractivity contribution in [1.29, 1.82) is 0 Å². The van der Waals surface area contributed by atoms with E-state index in [2.05, 4.69) is 5.92 Å². The molecular weight excluding hydrogens is 148 g/mol. The molecule has 1 heterocycles. The maximum absolute atomic E-state index is 11.0. The average Bonchev–Trinajstić information content (AvgIpc) is 2.08. The lowest BCUT2D eigenvalue weighted by atomic mass is 10.1. The van der Waals surface area contributed by atoms with Gasteiger partial charge in [-0.1, -0.05) is 0 Å². The number of hydrogen-bond donors (Lipinski definition) is 0. The topological polar surface area (TPSA) is 34.1 Å². The van der Waals surface area contributed by atoms with Crippen LogP contribution in [0.2, 0.25) is 0 Å². The van der Waals surface area contributed by atoms with Gasteiger partial charge in [-0.2, -0.15) is 0 Å². The van der Waals surface area contributed by atoms with Crippen molar-refractivity contribution in [3.63, 3.8) is 0 Å². The summed E-state index contributed by atoms with van der Waals surface area (Å²) in [6, 6.07) is 0. The van der Waals surface area contributed by atoms with Gasteiger partial charge in [0.2, 0.25) is 0 Å². The summed E-state index contributed by atoms with van der Waals surface area (Å²) < 4.78 is 22.1. The Labute approximate surface area is 61.5 Å². The van der Waals surface area contributed by atoms with E-state index in [9.17, 15) is 8.42 Å². The molecular formula is C7H10O2S. The van der Waals surface area contributed by atoms with Gasteiger partial charge in [0.25, 0.3) is 0 Å². The Morgan fingerprint density at radius 3 is 2.40 bits per heavy atom. The minimum Gasteiger partial charge on any atom is -0.229 e. The van der Waals surface area contributed by atoms with Crippen LogP contribution in [0.5, 0.6) is 0 Å². The molecule has 0 amide bonds. The molecule has 1 saturated heterocycles. The first kappa shape index (κ1) is 7.62. The molecule has 1 aliphatic heterocycles. The van der Waals surface area contributed by atoms with E-state index in [-0.39, 0.29) is 16.9 Å². The SMILES string of the molecule is C#CC1CC(C)S(=O)(=O)C1. The third-order valence-corrected chi connectivity index (χ3v) is 4.18. The zero-order chi connectivity index (χ0) is 7.78. The normalized spacial score (nSPS) is 37.2. The first-order chi connectivity index (χ1) is 4.56. The van der Waals surface area contributed by atoms with Crippen molar-refractivity contribution in [2.24, 2.45) is 5.92 Å². The quantitative estimate of drug-likeness (QED) is 0.479. The number of terminal acetylenes is 1. The summed E-state index contributed by atoms with van der Waals surface area (Å²) in [4.78, 5) is 0. The van der Waals surface area contributed by atoms with Crippen molar-refractivity contribution in [2.45, 2.75) is 18.6 Å². The van der Waals surface area contributed by atoms with Crippen LogP contribution < -0.4 is 0 Å². The highest BCUT2D eigenvalue weighted by Gasteiger charge is 2.33. The summed E-state index contributed by atoms with van der Waals surface area (Å²) in [7, 11) is -2.83. The summed E-state index contributed by atoms with van der Waals surface area (Å²) in [6.07, 6.45) is 5.74. The smallest absolute Gasteiger partial charge is 0.154 e. The first-order valence-corrected chi connectivity index (χ1v) is 4.95. The third kappa shape index (κ3) is 1.17. The Hall–Kier alpha value is -0.490. The molecule has 0 spiro atoms. The van der Waals surface area contributed by atoms with Crippen molar-refractivity contribution in [1.82, 2.24) is 0 Å². The van der Waals surface area contributed by atoms with E-state index in [1.54, 1.807) is 6.92 Å². The Morgan fingerprint density at radius 2 is 2.20 bits per heavy atom. The number of hydrogen-bond acceptors (Lipinski definition) is 2. The minimum atomic E-state index is -2.83. The monoisotopic (exact) mass is 158 g/mol. The fourth-order valence-electron chi connectivity index (χ4n) is 1.18. The standard InChI is InChI=1S/C7H10O2S/c1-3-7-4-6(2)10(8,9)5-7/h1,6-7H,4-5H2,2H3.